The Balaban J connectivity index is 2.06. The topological polar surface area (TPSA) is 49.7 Å². The van der Waals surface area contributed by atoms with Crippen molar-refractivity contribution in [1.29, 1.82) is 0 Å². The molecule has 0 N–H and O–H groups in total. The molecule has 0 bridgehead atoms. The summed E-state index contributed by atoms with van der Waals surface area (Å²) >= 11 is 0. The average Bonchev–Trinajstić information content (AvgIpc) is 3.05. The molecular formula is C24H23F2NO4. The first-order valence-electron chi connectivity index (χ1n) is 10.0. The first kappa shape index (κ1) is 20.9. The van der Waals surface area contributed by atoms with Crippen LogP contribution in [-0.2, 0) is 17.7 Å². The van der Waals surface area contributed by atoms with E-state index in [9.17, 15) is 13.6 Å². The molecule has 4 rings (SSSR count). The van der Waals surface area contributed by atoms with Gasteiger partial charge in [0.05, 0.1) is 32.1 Å². The van der Waals surface area contributed by atoms with E-state index in [1.54, 1.807) is 21.1 Å². The Bertz CT molecular complexity index is 1160. The molecule has 2 heterocycles. The largest absolute Gasteiger partial charge is 0.493 e. The van der Waals surface area contributed by atoms with Crippen molar-refractivity contribution in [2.45, 2.75) is 26.8 Å². The Morgan fingerprint density at radius 3 is 2.29 bits per heavy atom. The second kappa shape index (κ2) is 8.06. The van der Waals surface area contributed by atoms with Gasteiger partial charge in [-0.2, -0.15) is 0 Å². The van der Waals surface area contributed by atoms with Gasteiger partial charge in [0.2, 0.25) is 0 Å². The van der Waals surface area contributed by atoms with Gasteiger partial charge in [-0.1, -0.05) is 0 Å². The van der Waals surface area contributed by atoms with Gasteiger partial charge in [-0.05, 0) is 55.7 Å². The van der Waals surface area contributed by atoms with Crippen LogP contribution in [0.1, 0.15) is 28.5 Å². The van der Waals surface area contributed by atoms with Gasteiger partial charge in [-0.3, -0.25) is 0 Å². The maximum atomic E-state index is 14.0. The molecule has 0 radical (unpaired) electrons. The Morgan fingerprint density at radius 2 is 1.68 bits per heavy atom. The maximum absolute atomic E-state index is 14.0. The van der Waals surface area contributed by atoms with Crippen molar-refractivity contribution in [3.63, 3.8) is 0 Å². The molecule has 31 heavy (non-hydrogen) atoms. The molecule has 2 aromatic carbocycles. The van der Waals surface area contributed by atoms with E-state index in [1.807, 2.05) is 23.6 Å². The summed E-state index contributed by atoms with van der Waals surface area (Å²) in [5, 5.41) is 0. The van der Waals surface area contributed by atoms with Crippen LogP contribution in [0.2, 0.25) is 0 Å². The summed E-state index contributed by atoms with van der Waals surface area (Å²) in [6.07, 6.45) is 0.706. The van der Waals surface area contributed by atoms with Gasteiger partial charge in [0.1, 0.15) is 11.6 Å². The molecule has 0 saturated heterocycles. The standard InChI is InChI=1S/C24H23F2NO4/c1-5-31-24(28)22-21(15-8-16(25)11-17(26)9-15)13(2)27-7-6-14-10-19(29-3)20(30-4)12-18(14)23(22)27/h8-12H,5-7H2,1-4H3. The van der Waals surface area contributed by atoms with Gasteiger partial charge >= 0.3 is 5.97 Å². The van der Waals surface area contributed by atoms with E-state index in [4.69, 9.17) is 14.2 Å². The summed E-state index contributed by atoms with van der Waals surface area (Å²) in [6, 6.07) is 7.00. The van der Waals surface area contributed by atoms with Gasteiger partial charge in [0, 0.05) is 29.4 Å². The highest BCUT2D eigenvalue weighted by molar-refractivity contribution is 6.05. The molecule has 1 aliphatic rings. The lowest BCUT2D eigenvalue weighted by molar-refractivity contribution is 0.0528. The highest BCUT2D eigenvalue weighted by atomic mass is 19.1. The van der Waals surface area contributed by atoms with Crippen molar-refractivity contribution in [3.05, 3.63) is 58.8 Å². The van der Waals surface area contributed by atoms with Crippen LogP contribution in [0.25, 0.3) is 22.4 Å². The number of esters is 1. The number of ether oxygens (including phenoxy) is 3. The summed E-state index contributed by atoms with van der Waals surface area (Å²) in [7, 11) is 3.12. The third-order valence-electron chi connectivity index (χ3n) is 5.62. The Morgan fingerprint density at radius 1 is 1.03 bits per heavy atom. The summed E-state index contributed by atoms with van der Waals surface area (Å²) in [4.78, 5) is 13.1. The van der Waals surface area contributed by atoms with Crippen molar-refractivity contribution >= 4 is 5.97 Å². The van der Waals surface area contributed by atoms with Crippen molar-refractivity contribution in [3.8, 4) is 33.9 Å². The van der Waals surface area contributed by atoms with Crippen molar-refractivity contribution in [2.75, 3.05) is 20.8 Å². The van der Waals surface area contributed by atoms with E-state index in [0.29, 0.717) is 41.3 Å². The fourth-order valence-electron chi connectivity index (χ4n) is 4.33. The monoisotopic (exact) mass is 427 g/mol. The summed E-state index contributed by atoms with van der Waals surface area (Å²) in [5.41, 5.74) is 4.23. The number of fused-ring (bicyclic) bond motifs is 3. The minimum Gasteiger partial charge on any atom is -0.493 e. The SMILES string of the molecule is CCOC(=O)c1c(-c2cc(F)cc(F)c2)c(C)n2c1-c1cc(OC)c(OC)cc1CC2. The normalized spacial score (nSPS) is 12.2. The van der Waals surface area contributed by atoms with Gasteiger partial charge in [0.15, 0.2) is 11.5 Å². The van der Waals surface area contributed by atoms with E-state index >= 15 is 0 Å². The van der Waals surface area contributed by atoms with Crippen molar-refractivity contribution in [2.24, 2.45) is 0 Å². The van der Waals surface area contributed by atoms with Gasteiger partial charge < -0.3 is 18.8 Å². The van der Waals surface area contributed by atoms with Crippen LogP contribution in [0.15, 0.2) is 30.3 Å². The molecule has 0 amide bonds. The third kappa shape index (κ3) is 3.44. The number of halogens is 2. The van der Waals surface area contributed by atoms with Crippen molar-refractivity contribution in [1.82, 2.24) is 4.57 Å². The van der Waals surface area contributed by atoms with Gasteiger partial charge in [-0.25, -0.2) is 13.6 Å². The number of nitrogens with zero attached hydrogens (tertiary/aromatic N) is 1. The molecule has 5 nitrogen and oxygen atoms in total. The number of carbonyl (C=O) groups excluding carboxylic acids is 1. The molecule has 3 aromatic rings. The predicted molar refractivity (Wildman–Crippen MR) is 113 cm³/mol. The van der Waals surface area contributed by atoms with Crippen LogP contribution >= 0.6 is 0 Å². The number of carbonyl (C=O) groups is 1. The first-order chi connectivity index (χ1) is 14.9. The molecule has 1 aromatic heterocycles. The third-order valence-corrected chi connectivity index (χ3v) is 5.62. The first-order valence-corrected chi connectivity index (χ1v) is 10.0. The summed E-state index contributed by atoms with van der Waals surface area (Å²) in [6.45, 7) is 4.35. The van der Waals surface area contributed by atoms with E-state index < -0.39 is 17.6 Å². The van der Waals surface area contributed by atoms with Gasteiger partial charge in [0.25, 0.3) is 0 Å². The maximum Gasteiger partial charge on any atom is 0.340 e. The molecule has 0 atom stereocenters. The molecule has 0 saturated carbocycles. The minimum absolute atomic E-state index is 0.179. The average molecular weight is 427 g/mol. The van der Waals surface area contributed by atoms with Crippen LogP contribution in [0, 0.1) is 18.6 Å². The zero-order valence-electron chi connectivity index (χ0n) is 17.8. The quantitative estimate of drug-likeness (QED) is 0.528. The van der Waals surface area contributed by atoms with Crippen LogP contribution < -0.4 is 9.47 Å². The highest BCUT2D eigenvalue weighted by Crippen LogP contribution is 2.45. The molecule has 0 spiro atoms. The van der Waals surface area contributed by atoms with Crippen LogP contribution in [0.3, 0.4) is 0 Å². The molecule has 7 heteroatoms. The predicted octanol–water partition coefficient (Wildman–Crippen LogP) is 5.16. The van der Waals surface area contributed by atoms with E-state index in [2.05, 4.69) is 0 Å². The van der Waals surface area contributed by atoms with E-state index in [0.717, 1.165) is 22.9 Å². The van der Waals surface area contributed by atoms with Crippen LogP contribution in [-0.4, -0.2) is 31.4 Å². The van der Waals surface area contributed by atoms with Crippen LogP contribution in [0.4, 0.5) is 8.78 Å². The second-order valence-electron chi connectivity index (χ2n) is 7.33. The fraction of sp³-hybridized carbons (Fsp3) is 0.292. The highest BCUT2D eigenvalue weighted by Gasteiger charge is 2.32. The number of methoxy groups -OCH3 is 2. The molecule has 0 unspecified atom stereocenters. The fourth-order valence-corrected chi connectivity index (χ4v) is 4.33. The van der Waals surface area contributed by atoms with Crippen molar-refractivity contribution < 1.29 is 27.8 Å². The Labute approximate surface area is 179 Å². The molecular weight excluding hydrogens is 404 g/mol. The zero-order chi connectivity index (χ0) is 22.3. The minimum atomic E-state index is -0.708. The zero-order valence-corrected chi connectivity index (χ0v) is 17.8. The molecule has 0 aliphatic carbocycles. The number of hydrogen-bond acceptors (Lipinski definition) is 4. The molecule has 0 fully saturated rings. The number of benzene rings is 2. The number of aryl methyl sites for hydroxylation is 1. The number of hydrogen-bond donors (Lipinski definition) is 0. The lowest BCUT2D eigenvalue weighted by Gasteiger charge is -2.23. The van der Waals surface area contributed by atoms with E-state index in [-0.39, 0.29) is 12.2 Å². The smallest absolute Gasteiger partial charge is 0.340 e. The Kier molecular flexibility index (Phi) is 5.43. The van der Waals surface area contributed by atoms with Crippen LogP contribution in [0.5, 0.6) is 11.5 Å². The summed E-state index contributed by atoms with van der Waals surface area (Å²) < 4.78 is 46.3. The molecule has 1 aliphatic heterocycles. The Hall–Kier alpha value is -3.35. The number of rotatable bonds is 5. The molecule has 162 valence electrons. The summed E-state index contributed by atoms with van der Waals surface area (Å²) in [5.74, 6) is -0.827. The number of aromatic nitrogens is 1. The lowest BCUT2D eigenvalue weighted by Crippen LogP contribution is -2.15. The lowest BCUT2D eigenvalue weighted by atomic mass is 9.93. The van der Waals surface area contributed by atoms with Gasteiger partial charge in [-0.15, -0.1) is 0 Å². The second-order valence-corrected chi connectivity index (χ2v) is 7.33. The van der Waals surface area contributed by atoms with E-state index in [1.165, 1.54) is 12.1 Å².